The molecule has 1 aromatic heterocycles. The molecule has 2 aliphatic rings. The first-order valence-corrected chi connectivity index (χ1v) is 11.9. The molecule has 0 aliphatic carbocycles. The number of carbonyl (C=O) groups is 1. The van der Waals surface area contributed by atoms with Crippen LogP contribution in [-0.2, 0) is 26.2 Å². The molecule has 13 heteroatoms. The van der Waals surface area contributed by atoms with Crippen molar-refractivity contribution in [2.24, 2.45) is 10.9 Å². The number of piperidine rings is 1. The van der Waals surface area contributed by atoms with E-state index in [2.05, 4.69) is 5.16 Å². The normalized spacial score (nSPS) is 17.7. The zero-order valence-electron chi connectivity index (χ0n) is 16.9. The molecular formula is C19H22N4O7S2. The Morgan fingerprint density at radius 3 is 2.38 bits per heavy atom. The van der Waals surface area contributed by atoms with E-state index in [0.29, 0.717) is 19.4 Å². The highest BCUT2D eigenvalue weighted by atomic mass is 32.2. The van der Waals surface area contributed by atoms with Gasteiger partial charge in [0, 0.05) is 55.9 Å². The molecule has 2 aliphatic heterocycles. The summed E-state index contributed by atoms with van der Waals surface area (Å²) in [6.45, 7) is 0.987. The van der Waals surface area contributed by atoms with Crippen LogP contribution in [0.15, 0.2) is 51.8 Å². The number of nitro groups is 1. The SMILES string of the molecule is NCc1cccs1.O=C(O)C1=NOC2(CCN(S(=O)(=O)c3ccc([N+](=O)[O-])cc3)CC2)C1. The zero-order chi connectivity index (χ0) is 23.4. The van der Waals surface area contributed by atoms with Gasteiger partial charge in [0.1, 0.15) is 5.60 Å². The van der Waals surface area contributed by atoms with Crippen LogP contribution in [0.3, 0.4) is 0 Å². The summed E-state index contributed by atoms with van der Waals surface area (Å²) in [4.78, 5) is 27.5. The van der Waals surface area contributed by atoms with Gasteiger partial charge in [0.25, 0.3) is 5.69 Å². The van der Waals surface area contributed by atoms with Gasteiger partial charge in [0.15, 0.2) is 5.71 Å². The summed E-state index contributed by atoms with van der Waals surface area (Å²) < 4.78 is 26.5. The third-order valence-corrected chi connectivity index (χ3v) is 8.00. The minimum atomic E-state index is -3.78. The van der Waals surface area contributed by atoms with E-state index in [1.165, 1.54) is 21.3 Å². The monoisotopic (exact) mass is 482 g/mol. The van der Waals surface area contributed by atoms with Crippen molar-refractivity contribution in [3.05, 3.63) is 56.8 Å². The van der Waals surface area contributed by atoms with Crippen LogP contribution >= 0.6 is 11.3 Å². The van der Waals surface area contributed by atoms with Crippen LogP contribution in [0.2, 0.25) is 0 Å². The van der Waals surface area contributed by atoms with Crippen LogP contribution in [0.4, 0.5) is 5.69 Å². The predicted molar refractivity (Wildman–Crippen MR) is 117 cm³/mol. The quantitative estimate of drug-likeness (QED) is 0.483. The van der Waals surface area contributed by atoms with Crippen molar-refractivity contribution in [3.63, 3.8) is 0 Å². The second-order valence-corrected chi connectivity index (χ2v) is 10.2. The molecule has 0 saturated carbocycles. The number of thiophene rings is 1. The summed E-state index contributed by atoms with van der Waals surface area (Å²) in [5, 5.41) is 25.2. The van der Waals surface area contributed by atoms with E-state index in [4.69, 9.17) is 15.7 Å². The number of sulfonamides is 1. The summed E-state index contributed by atoms with van der Waals surface area (Å²) in [6, 6.07) is 8.74. The Kier molecular flexibility index (Phi) is 7.23. The predicted octanol–water partition coefficient (Wildman–Crippen LogP) is 2.19. The number of rotatable bonds is 5. The molecule has 172 valence electrons. The van der Waals surface area contributed by atoms with Crippen LogP contribution in [0.25, 0.3) is 0 Å². The van der Waals surface area contributed by atoms with Crippen LogP contribution in [0.5, 0.6) is 0 Å². The Hall–Kier alpha value is -2.87. The molecule has 3 heterocycles. The maximum absolute atomic E-state index is 12.6. The van der Waals surface area contributed by atoms with E-state index < -0.39 is 26.5 Å². The van der Waals surface area contributed by atoms with Crippen molar-refractivity contribution in [2.45, 2.75) is 36.3 Å². The molecule has 11 nitrogen and oxygen atoms in total. The van der Waals surface area contributed by atoms with Gasteiger partial charge in [-0.1, -0.05) is 11.2 Å². The highest BCUT2D eigenvalue weighted by Crippen LogP contribution is 2.36. The van der Waals surface area contributed by atoms with Gasteiger partial charge in [-0.25, -0.2) is 13.2 Å². The number of non-ortho nitro benzene ring substituents is 1. The van der Waals surface area contributed by atoms with Crippen LogP contribution in [-0.4, -0.2) is 53.1 Å². The molecule has 1 spiro atoms. The second-order valence-electron chi connectivity index (χ2n) is 7.23. The fraction of sp³-hybridized carbons (Fsp3) is 0.368. The van der Waals surface area contributed by atoms with Crippen molar-refractivity contribution in [1.82, 2.24) is 4.31 Å². The first-order valence-electron chi connectivity index (χ1n) is 9.62. The first kappa shape index (κ1) is 23.8. The molecule has 0 radical (unpaired) electrons. The molecule has 0 atom stereocenters. The van der Waals surface area contributed by atoms with Gasteiger partial charge < -0.3 is 15.7 Å². The standard InChI is InChI=1S/C14H15N3O7S.C5H7NS/c18-13(19)12-9-14(24-15-12)5-7-16(8-6-14)25(22,23)11-3-1-10(2-4-11)17(20)21;6-4-5-2-1-3-7-5/h1-4H,5-9H2,(H,18,19);1-3H,4,6H2. The molecule has 3 N–H and O–H groups in total. The molecule has 1 fully saturated rings. The second kappa shape index (κ2) is 9.73. The molecule has 4 rings (SSSR count). The van der Waals surface area contributed by atoms with E-state index in [1.807, 2.05) is 17.5 Å². The van der Waals surface area contributed by atoms with Crippen LogP contribution in [0, 0.1) is 10.1 Å². The number of nitrogens with two attached hydrogens (primary N) is 1. The molecule has 32 heavy (non-hydrogen) atoms. The van der Waals surface area contributed by atoms with Crippen molar-refractivity contribution in [2.75, 3.05) is 13.1 Å². The summed E-state index contributed by atoms with van der Waals surface area (Å²) >= 11 is 1.70. The Bertz CT molecular complexity index is 1090. The number of carboxylic acid groups (broad SMARTS) is 1. The number of nitro benzene ring substituents is 1. The summed E-state index contributed by atoms with van der Waals surface area (Å²) in [5.74, 6) is -1.14. The van der Waals surface area contributed by atoms with Crippen molar-refractivity contribution in [3.8, 4) is 0 Å². The Morgan fingerprint density at radius 1 is 1.28 bits per heavy atom. The molecule has 0 amide bonds. The largest absolute Gasteiger partial charge is 0.477 e. The van der Waals surface area contributed by atoms with Crippen molar-refractivity contribution < 1.29 is 28.1 Å². The van der Waals surface area contributed by atoms with Crippen molar-refractivity contribution in [1.29, 1.82) is 0 Å². The maximum Gasteiger partial charge on any atom is 0.353 e. The minimum Gasteiger partial charge on any atom is -0.477 e. The van der Waals surface area contributed by atoms with E-state index >= 15 is 0 Å². The van der Waals surface area contributed by atoms with E-state index in [1.54, 1.807) is 11.3 Å². The Morgan fingerprint density at radius 2 is 1.94 bits per heavy atom. The zero-order valence-corrected chi connectivity index (χ0v) is 18.5. The van der Waals surface area contributed by atoms with Crippen LogP contribution < -0.4 is 5.73 Å². The molecular weight excluding hydrogens is 460 g/mol. The van der Waals surface area contributed by atoms with E-state index in [9.17, 15) is 23.3 Å². The number of aliphatic carboxylic acids is 1. The molecule has 2 aromatic rings. The lowest BCUT2D eigenvalue weighted by atomic mass is 9.88. The van der Waals surface area contributed by atoms with Gasteiger partial charge in [0.2, 0.25) is 10.0 Å². The Labute approximate surface area is 188 Å². The lowest BCUT2D eigenvalue weighted by molar-refractivity contribution is -0.384. The minimum absolute atomic E-state index is 0.0242. The molecule has 1 aromatic carbocycles. The number of benzene rings is 1. The summed E-state index contributed by atoms with van der Waals surface area (Å²) in [6.07, 6.45) is 0.784. The highest BCUT2D eigenvalue weighted by molar-refractivity contribution is 7.89. The van der Waals surface area contributed by atoms with E-state index in [0.717, 1.165) is 12.1 Å². The van der Waals surface area contributed by atoms with Gasteiger partial charge in [-0.05, 0) is 23.6 Å². The van der Waals surface area contributed by atoms with Crippen molar-refractivity contribution >= 4 is 38.7 Å². The summed E-state index contributed by atoms with van der Waals surface area (Å²) in [7, 11) is -3.78. The number of carboxylic acids is 1. The van der Waals surface area contributed by atoms with Crippen LogP contribution in [0.1, 0.15) is 24.1 Å². The number of hydrogen-bond donors (Lipinski definition) is 2. The van der Waals surface area contributed by atoms with E-state index in [-0.39, 0.29) is 35.8 Å². The van der Waals surface area contributed by atoms with Gasteiger partial charge in [-0.2, -0.15) is 4.31 Å². The van der Waals surface area contributed by atoms with Gasteiger partial charge in [0.05, 0.1) is 9.82 Å². The number of nitrogens with zero attached hydrogens (tertiary/aromatic N) is 3. The number of hydrogen-bond acceptors (Lipinski definition) is 9. The average molecular weight is 483 g/mol. The van der Waals surface area contributed by atoms with Gasteiger partial charge >= 0.3 is 5.97 Å². The number of oxime groups is 1. The third kappa shape index (κ3) is 5.30. The first-order chi connectivity index (χ1) is 15.2. The van der Waals surface area contributed by atoms with Gasteiger partial charge in [-0.3, -0.25) is 10.1 Å². The van der Waals surface area contributed by atoms with Gasteiger partial charge in [-0.15, -0.1) is 11.3 Å². The lowest BCUT2D eigenvalue weighted by Crippen LogP contribution is -2.47. The molecule has 0 unspecified atom stereocenters. The maximum atomic E-state index is 12.6. The lowest BCUT2D eigenvalue weighted by Gasteiger charge is -2.36. The topological polar surface area (TPSA) is 165 Å². The summed E-state index contributed by atoms with van der Waals surface area (Å²) in [5.41, 5.74) is 4.29. The smallest absolute Gasteiger partial charge is 0.353 e. The average Bonchev–Trinajstić information content (AvgIpc) is 3.45. The molecule has 1 saturated heterocycles. The fourth-order valence-electron chi connectivity index (χ4n) is 3.36. The highest BCUT2D eigenvalue weighted by Gasteiger charge is 2.45. The Balaban J connectivity index is 0.000000352. The molecule has 0 bridgehead atoms. The fourth-order valence-corrected chi connectivity index (χ4v) is 5.38. The third-order valence-electron chi connectivity index (χ3n) is 5.19.